The summed E-state index contributed by atoms with van der Waals surface area (Å²) in [5.74, 6) is 5.61. The largest absolute Gasteiger partial charge is 0.271 e. The normalized spacial score (nSPS) is 12.4. The van der Waals surface area contributed by atoms with Crippen LogP contribution >= 0.6 is 34.8 Å². The molecule has 3 N–H and O–H groups in total. The first-order valence-corrected chi connectivity index (χ1v) is 6.42. The summed E-state index contributed by atoms with van der Waals surface area (Å²) in [6.45, 7) is 0. The maximum Gasteiger partial charge on any atom is 0.0739 e. The molecular weight excluding hydrogens is 291 g/mol. The van der Waals surface area contributed by atoms with E-state index in [4.69, 9.17) is 40.6 Å². The molecule has 0 bridgehead atoms. The molecule has 1 unspecified atom stereocenters. The predicted molar refractivity (Wildman–Crippen MR) is 77.1 cm³/mol. The van der Waals surface area contributed by atoms with E-state index in [1.165, 1.54) is 0 Å². The predicted octanol–water partition coefficient (Wildman–Crippen LogP) is 4.20. The summed E-state index contributed by atoms with van der Waals surface area (Å²) >= 11 is 18.2. The molecule has 0 spiro atoms. The van der Waals surface area contributed by atoms with Crippen molar-refractivity contribution in [3.05, 3.63) is 68.7 Å². The molecule has 18 heavy (non-hydrogen) atoms. The third-order valence-corrected chi connectivity index (χ3v) is 3.57. The Kier molecular flexibility index (Phi) is 4.49. The van der Waals surface area contributed by atoms with Crippen molar-refractivity contribution in [2.75, 3.05) is 0 Å². The van der Waals surface area contributed by atoms with Gasteiger partial charge in [0.25, 0.3) is 0 Å². The SMILES string of the molecule is NNC(c1ccc(Cl)cc1)c1c(Cl)cccc1Cl. The zero-order valence-electron chi connectivity index (χ0n) is 9.33. The smallest absolute Gasteiger partial charge is 0.0739 e. The molecule has 2 aromatic carbocycles. The van der Waals surface area contributed by atoms with Crippen molar-refractivity contribution in [1.29, 1.82) is 0 Å². The lowest BCUT2D eigenvalue weighted by Crippen LogP contribution is -2.29. The molecule has 0 radical (unpaired) electrons. The highest BCUT2D eigenvalue weighted by Gasteiger charge is 2.18. The summed E-state index contributed by atoms with van der Waals surface area (Å²) in [5.41, 5.74) is 4.42. The van der Waals surface area contributed by atoms with Crippen LogP contribution in [0.4, 0.5) is 0 Å². The van der Waals surface area contributed by atoms with Gasteiger partial charge < -0.3 is 0 Å². The van der Waals surface area contributed by atoms with E-state index in [9.17, 15) is 0 Å². The molecule has 2 rings (SSSR count). The lowest BCUT2D eigenvalue weighted by atomic mass is 9.99. The van der Waals surface area contributed by atoms with Gasteiger partial charge in [0.2, 0.25) is 0 Å². The van der Waals surface area contributed by atoms with Crippen LogP contribution < -0.4 is 11.3 Å². The Bertz CT molecular complexity index is 520. The number of hydrogen-bond acceptors (Lipinski definition) is 2. The van der Waals surface area contributed by atoms with E-state index in [0.29, 0.717) is 15.1 Å². The van der Waals surface area contributed by atoms with Crippen molar-refractivity contribution >= 4 is 34.8 Å². The van der Waals surface area contributed by atoms with Gasteiger partial charge in [-0.25, -0.2) is 5.43 Å². The molecule has 0 aliphatic rings. The van der Waals surface area contributed by atoms with Gasteiger partial charge >= 0.3 is 0 Å². The fourth-order valence-corrected chi connectivity index (χ4v) is 2.53. The van der Waals surface area contributed by atoms with Crippen molar-refractivity contribution in [2.24, 2.45) is 5.84 Å². The molecule has 5 heteroatoms. The number of rotatable bonds is 3. The second-order valence-electron chi connectivity index (χ2n) is 3.79. The van der Waals surface area contributed by atoms with Crippen LogP contribution in [-0.4, -0.2) is 0 Å². The summed E-state index contributed by atoms with van der Waals surface area (Å²) < 4.78 is 0. The van der Waals surface area contributed by atoms with Crippen molar-refractivity contribution in [3.63, 3.8) is 0 Å². The topological polar surface area (TPSA) is 38.0 Å². The number of hydrogen-bond donors (Lipinski definition) is 2. The maximum absolute atomic E-state index is 6.18. The first-order chi connectivity index (χ1) is 8.63. The van der Waals surface area contributed by atoms with Crippen molar-refractivity contribution in [3.8, 4) is 0 Å². The third-order valence-electron chi connectivity index (χ3n) is 2.66. The Balaban J connectivity index is 2.48. The third kappa shape index (κ3) is 2.79. The molecule has 1 atom stereocenters. The quantitative estimate of drug-likeness (QED) is 0.658. The molecule has 0 amide bonds. The first-order valence-electron chi connectivity index (χ1n) is 5.29. The Morgan fingerprint density at radius 3 is 1.94 bits per heavy atom. The zero-order valence-corrected chi connectivity index (χ0v) is 11.6. The maximum atomic E-state index is 6.18. The second kappa shape index (κ2) is 5.91. The molecule has 0 fully saturated rings. The highest BCUT2D eigenvalue weighted by atomic mass is 35.5. The summed E-state index contributed by atoms with van der Waals surface area (Å²) in [7, 11) is 0. The molecule has 0 saturated carbocycles. The molecule has 0 aromatic heterocycles. The average molecular weight is 302 g/mol. The highest BCUT2D eigenvalue weighted by molar-refractivity contribution is 6.36. The van der Waals surface area contributed by atoms with Gasteiger partial charge in [0.05, 0.1) is 6.04 Å². The summed E-state index contributed by atoms with van der Waals surface area (Å²) in [4.78, 5) is 0. The summed E-state index contributed by atoms with van der Waals surface area (Å²) in [5, 5.41) is 1.81. The number of nitrogens with two attached hydrogens (primary N) is 1. The minimum Gasteiger partial charge on any atom is -0.271 e. The van der Waals surface area contributed by atoms with E-state index in [0.717, 1.165) is 11.1 Å². The minimum atomic E-state index is -0.275. The number of hydrazine groups is 1. The van der Waals surface area contributed by atoms with Crippen LogP contribution in [-0.2, 0) is 0 Å². The van der Waals surface area contributed by atoms with Crippen LogP contribution in [0.25, 0.3) is 0 Å². The van der Waals surface area contributed by atoms with E-state index in [2.05, 4.69) is 5.43 Å². The minimum absolute atomic E-state index is 0.275. The molecular formula is C13H11Cl3N2. The van der Waals surface area contributed by atoms with Crippen LogP contribution in [0.2, 0.25) is 15.1 Å². The number of benzene rings is 2. The lowest BCUT2D eigenvalue weighted by Gasteiger charge is -2.19. The average Bonchev–Trinajstić information content (AvgIpc) is 2.35. The molecule has 2 nitrogen and oxygen atoms in total. The number of halogens is 3. The van der Waals surface area contributed by atoms with Gasteiger partial charge in [-0.2, -0.15) is 0 Å². The Morgan fingerprint density at radius 1 is 0.889 bits per heavy atom. The van der Waals surface area contributed by atoms with Gasteiger partial charge in [0, 0.05) is 20.6 Å². The second-order valence-corrected chi connectivity index (χ2v) is 5.04. The fraction of sp³-hybridized carbons (Fsp3) is 0.0769. The monoisotopic (exact) mass is 300 g/mol. The summed E-state index contributed by atoms with van der Waals surface area (Å²) in [6.07, 6.45) is 0. The van der Waals surface area contributed by atoms with Crippen molar-refractivity contribution < 1.29 is 0 Å². The number of nitrogens with one attached hydrogen (secondary N) is 1. The van der Waals surface area contributed by atoms with E-state index in [1.54, 1.807) is 30.3 Å². The molecule has 94 valence electrons. The van der Waals surface area contributed by atoms with E-state index < -0.39 is 0 Å². The van der Waals surface area contributed by atoms with Gasteiger partial charge in [-0.3, -0.25) is 5.84 Å². The lowest BCUT2D eigenvalue weighted by molar-refractivity contribution is 0.637. The van der Waals surface area contributed by atoms with E-state index in [1.807, 2.05) is 12.1 Å². The van der Waals surface area contributed by atoms with Gasteiger partial charge in [0.1, 0.15) is 0 Å². The van der Waals surface area contributed by atoms with Crippen LogP contribution in [0.5, 0.6) is 0 Å². The van der Waals surface area contributed by atoms with Crippen molar-refractivity contribution in [2.45, 2.75) is 6.04 Å². The molecule has 0 heterocycles. The van der Waals surface area contributed by atoms with Crippen LogP contribution in [0.3, 0.4) is 0 Å². The molecule has 2 aromatic rings. The van der Waals surface area contributed by atoms with E-state index in [-0.39, 0.29) is 6.04 Å². The van der Waals surface area contributed by atoms with Crippen LogP contribution in [0.15, 0.2) is 42.5 Å². The Labute approximate surface area is 121 Å². The zero-order chi connectivity index (χ0) is 13.1. The fourth-order valence-electron chi connectivity index (χ4n) is 1.79. The standard InChI is InChI=1S/C13H11Cl3N2/c14-9-6-4-8(5-7-9)13(18-17)12-10(15)2-1-3-11(12)16/h1-7,13,18H,17H2. The van der Waals surface area contributed by atoms with Crippen LogP contribution in [0, 0.1) is 0 Å². The molecule has 0 saturated heterocycles. The Hall–Kier alpha value is -0.770. The molecule has 0 aliphatic carbocycles. The van der Waals surface area contributed by atoms with Gasteiger partial charge in [-0.05, 0) is 29.8 Å². The highest BCUT2D eigenvalue weighted by Crippen LogP contribution is 2.33. The first kappa shape index (κ1) is 13.7. The van der Waals surface area contributed by atoms with Gasteiger partial charge in [-0.15, -0.1) is 0 Å². The Morgan fingerprint density at radius 2 is 1.44 bits per heavy atom. The molecule has 0 aliphatic heterocycles. The van der Waals surface area contributed by atoms with Crippen molar-refractivity contribution in [1.82, 2.24) is 5.43 Å². The van der Waals surface area contributed by atoms with Gasteiger partial charge in [-0.1, -0.05) is 53.0 Å². The summed E-state index contributed by atoms with van der Waals surface area (Å²) in [6, 6.07) is 12.4. The van der Waals surface area contributed by atoms with Gasteiger partial charge in [0.15, 0.2) is 0 Å². The van der Waals surface area contributed by atoms with E-state index >= 15 is 0 Å². The van der Waals surface area contributed by atoms with Crippen LogP contribution in [0.1, 0.15) is 17.2 Å².